The first-order valence-corrected chi connectivity index (χ1v) is 11.5. The zero-order valence-corrected chi connectivity index (χ0v) is 19.1. The second kappa shape index (κ2) is 10.0. The van der Waals surface area contributed by atoms with Crippen molar-refractivity contribution >= 4 is 40.3 Å². The van der Waals surface area contributed by atoms with Gasteiger partial charge in [0.2, 0.25) is 5.91 Å². The molecule has 0 radical (unpaired) electrons. The van der Waals surface area contributed by atoms with E-state index in [1.807, 2.05) is 73.7 Å². The number of nitrogens with one attached hydrogen (secondary N) is 1. The number of hydrogen-bond acceptors (Lipinski definition) is 4. The van der Waals surface area contributed by atoms with Gasteiger partial charge in [0.25, 0.3) is 5.56 Å². The fourth-order valence-corrected chi connectivity index (χ4v) is 4.31. The third kappa shape index (κ3) is 5.39. The molecule has 0 bridgehead atoms. The van der Waals surface area contributed by atoms with E-state index in [1.165, 1.54) is 5.56 Å². The Morgan fingerprint density at radius 2 is 1.81 bits per heavy atom. The van der Waals surface area contributed by atoms with Gasteiger partial charge in [-0.05, 0) is 42.3 Å². The van der Waals surface area contributed by atoms with Gasteiger partial charge in [-0.3, -0.25) is 14.2 Å². The Hall–Kier alpha value is -3.09. The summed E-state index contributed by atoms with van der Waals surface area (Å²) in [6.07, 6.45) is 0. The Bertz CT molecular complexity index is 1320. The van der Waals surface area contributed by atoms with Crippen LogP contribution in [0.25, 0.3) is 11.0 Å². The Labute approximate surface area is 195 Å². The predicted molar refractivity (Wildman–Crippen MR) is 130 cm³/mol. The molecule has 0 fully saturated rings. The van der Waals surface area contributed by atoms with Gasteiger partial charge in [-0.1, -0.05) is 77.5 Å². The summed E-state index contributed by atoms with van der Waals surface area (Å²) >= 11 is 7.14. The maximum absolute atomic E-state index is 13.2. The molecule has 1 N–H and O–H groups in total. The zero-order chi connectivity index (χ0) is 22.5. The third-order valence-electron chi connectivity index (χ3n) is 5.00. The highest BCUT2D eigenvalue weighted by molar-refractivity contribution is 7.99. The van der Waals surface area contributed by atoms with Crippen molar-refractivity contribution in [2.45, 2.75) is 25.0 Å². The molecular formula is C25H22ClN3O2S. The van der Waals surface area contributed by atoms with Crippen LogP contribution in [0.4, 0.5) is 0 Å². The van der Waals surface area contributed by atoms with E-state index in [1.54, 1.807) is 10.6 Å². The molecule has 7 heteroatoms. The molecule has 0 atom stereocenters. The number of aromatic nitrogens is 2. The molecule has 4 rings (SSSR count). The monoisotopic (exact) mass is 463 g/mol. The number of carbonyl (C=O) groups is 1. The lowest BCUT2D eigenvalue weighted by atomic mass is 10.1. The van der Waals surface area contributed by atoms with E-state index in [2.05, 4.69) is 10.3 Å². The van der Waals surface area contributed by atoms with Crippen LogP contribution in [0.3, 0.4) is 0 Å². The number of halogens is 1. The highest BCUT2D eigenvalue weighted by atomic mass is 35.5. The lowest BCUT2D eigenvalue weighted by molar-refractivity contribution is -0.118. The standard InChI is InChI=1S/C25H22ClN3O2S/c1-17-9-11-18(12-10-17)15-29-22-8-3-2-7-21(22)28-24(25(29)31)32-16-23(30)27-14-19-5-4-6-20(26)13-19/h2-13H,14-16H2,1H3,(H,27,30). The summed E-state index contributed by atoms with van der Waals surface area (Å²) in [5.74, 6) is -0.0690. The Morgan fingerprint density at radius 3 is 2.59 bits per heavy atom. The van der Waals surface area contributed by atoms with Crippen LogP contribution >= 0.6 is 23.4 Å². The molecule has 3 aromatic carbocycles. The second-order valence-corrected chi connectivity index (χ2v) is 8.88. The van der Waals surface area contributed by atoms with Crippen LogP contribution in [0.5, 0.6) is 0 Å². The zero-order valence-electron chi connectivity index (χ0n) is 17.5. The fourth-order valence-electron chi connectivity index (χ4n) is 3.33. The normalized spacial score (nSPS) is 10.9. The topological polar surface area (TPSA) is 64.0 Å². The lowest BCUT2D eigenvalue weighted by Crippen LogP contribution is -2.27. The number of amides is 1. The molecule has 0 aliphatic heterocycles. The Balaban J connectivity index is 1.52. The summed E-state index contributed by atoms with van der Waals surface area (Å²) < 4.78 is 1.72. The molecule has 0 spiro atoms. The minimum atomic E-state index is -0.197. The van der Waals surface area contributed by atoms with Crippen molar-refractivity contribution < 1.29 is 4.79 Å². The van der Waals surface area contributed by atoms with Crippen LogP contribution in [0.2, 0.25) is 5.02 Å². The number of hydrogen-bond donors (Lipinski definition) is 1. The Kier molecular flexibility index (Phi) is 6.93. The average molecular weight is 464 g/mol. The molecule has 4 aromatic rings. The summed E-state index contributed by atoms with van der Waals surface area (Å²) in [5.41, 5.74) is 4.41. The number of para-hydroxylation sites is 2. The van der Waals surface area contributed by atoms with E-state index in [0.29, 0.717) is 23.1 Å². The third-order valence-corrected chi connectivity index (χ3v) is 6.18. The minimum Gasteiger partial charge on any atom is -0.351 e. The van der Waals surface area contributed by atoms with Gasteiger partial charge in [0, 0.05) is 11.6 Å². The Morgan fingerprint density at radius 1 is 1.03 bits per heavy atom. The van der Waals surface area contributed by atoms with Crippen molar-refractivity contribution in [2.24, 2.45) is 0 Å². The van der Waals surface area contributed by atoms with E-state index in [4.69, 9.17) is 11.6 Å². The number of nitrogens with zero attached hydrogens (tertiary/aromatic N) is 2. The van der Waals surface area contributed by atoms with Crippen LogP contribution in [0, 0.1) is 6.92 Å². The van der Waals surface area contributed by atoms with Gasteiger partial charge >= 0.3 is 0 Å². The number of thioether (sulfide) groups is 1. The molecule has 5 nitrogen and oxygen atoms in total. The molecule has 1 aromatic heterocycles. The number of rotatable bonds is 7. The molecule has 1 amide bonds. The summed E-state index contributed by atoms with van der Waals surface area (Å²) in [6, 6.07) is 23.0. The van der Waals surface area contributed by atoms with Gasteiger partial charge < -0.3 is 5.32 Å². The first kappa shape index (κ1) is 22.1. The van der Waals surface area contributed by atoms with Crippen molar-refractivity contribution in [3.8, 4) is 0 Å². The SMILES string of the molecule is Cc1ccc(Cn2c(=O)c(SCC(=O)NCc3cccc(Cl)c3)nc3ccccc32)cc1. The quantitative estimate of drug-likeness (QED) is 0.399. The predicted octanol–water partition coefficient (Wildman–Crippen LogP) is 4.82. The first-order chi connectivity index (χ1) is 15.5. The van der Waals surface area contributed by atoms with E-state index < -0.39 is 0 Å². The van der Waals surface area contributed by atoms with Gasteiger partial charge in [0.1, 0.15) is 0 Å². The van der Waals surface area contributed by atoms with Crippen molar-refractivity contribution in [3.05, 3.63) is 105 Å². The first-order valence-electron chi connectivity index (χ1n) is 10.2. The van der Waals surface area contributed by atoms with Crippen molar-refractivity contribution in [3.63, 3.8) is 0 Å². The largest absolute Gasteiger partial charge is 0.351 e. The highest BCUT2D eigenvalue weighted by Gasteiger charge is 2.13. The molecule has 162 valence electrons. The molecule has 0 saturated heterocycles. The van der Waals surface area contributed by atoms with E-state index in [0.717, 1.165) is 33.9 Å². The van der Waals surface area contributed by atoms with Crippen LogP contribution in [0.15, 0.2) is 82.6 Å². The number of fused-ring (bicyclic) bond motifs is 1. The average Bonchev–Trinajstić information content (AvgIpc) is 2.80. The van der Waals surface area contributed by atoms with Crippen molar-refractivity contribution in [1.82, 2.24) is 14.9 Å². The van der Waals surface area contributed by atoms with Gasteiger partial charge in [0.05, 0.1) is 23.3 Å². The van der Waals surface area contributed by atoms with E-state index in [9.17, 15) is 9.59 Å². The lowest BCUT2D eigenvalue weighted by Gasteiger charge is -2.12. The van der Waals surface area contributed by atoms with Gasteiger partial charge in [0.15, 0.2) is 5.03 Å². The van der Waals surface area contributed by atoms with Crippen LogP contribution in [0.1, 0.15) is 16.7 Å². The molecule has 32 heavy (non-hydrogen) atoms. The summed E-state index contributed by atoms with van der Waals surface area (Å²) in [6.45, 7) is 2.85. The van der Waals surface area contributed by atoms with Gasteiger partial charge in [-0.15, -0.1) is 0 Å². The van der Waals surface area contributed by atoms with Crippen molar-refractivity contribution in [1.29, 1.82) is 0 Å². The molecular weight excluding hydrogens is 442 g/mol. The molecule has 1 heterocycles. The molecule has 0 saturated carbocycles. The smallest absolute Gasteiger partial charge is 0.283 e. The van der Waals surface area contributed by atoms with E-state index in [-0.39, 0.29) is 17.2 Å². The van der Waals surface area contributed by atoms with Gasteiger partial charge in [-0.2, -0.15) is 0 Å². The maximum Gasteiger partial charge on any atom is 0.283 e. The molecule has 0 aliphatic carbocycles. The fraction of sp³-hybridized carbons (Fsp3) is 0.160. The van der Waals surface area contributed by atoms with Crippen LogP contribution in [-0.4, -0.2) is 21.2 Å². The van der Waals surface area contributed by atoms with Crippen LogP contribution in [-0.2, 0) is 17.9 Å². The number of aryl methyl sites for hydroxylation is 1. The van der Waals surface area contributed by atoms with Crippen LogP contribution < -0.4 is 10.9 Å². The second-order valence-electron chi connectivity index (χ2n) is 7.48. The highest BCUT2D eigenvalue weighted by Crippen LogP contribution is 2.18. The van der Waals surface area contributed by atoms with Crippen molar-refractivity contribution in [2.75, 3.05) is 5.75 Å². The summed E-state index contributed by atoms with van der Waals surface area (Å²) in [4.78, 5) is 30.1. The maximum atomic E-state index is 13.2. The molecule has 0 aliphatic rings. The number of benzene rings is 3. The minimum absolute atomic E-state index is 0.103. The molecule has 0 unspecified atom stereocenters. The summed E-state index contributed by atoms with van der Waals surface area (Å²) in [5, 5.41) is 3.80. The number of carbonyl (C=O) groups excluding carboxylic acids is 1. The summed E-state index contributed by atoms with van der Waals surface area (Å²) in [7, 11) is 0. The van der Waals surface area contributed by atoms with Gasteiger partial charge in [-0.25, -0.2) is 4.98 Å². The van der Waals surface area contributed by atoms with E-state index >= 15 is 0 Å².